The van der Waals surface area contributed by atoms with E-state index >= 15 is 0 Å². The van der Waals surface area contributed by atoms with Crippen molar-refractivity contribution in [3.8, 4) is 67.0 Å². The van der Waals surface area contributed by atoms with E-state index in [0.29, 0.717) is 0 Å². The Balaban J connectivity index is 0.000000118. The minimum Gasteiger partial charge on any atom is -0.309 e. The van der Waals surface area contributed by atoms with Crippen LogP contribution in [0.4, 0.5) is 0 Å². The number of fused-ring (bicyclic) bond motifs is 20. The molecule has 0 saturated carbocycles. The molecule has 0 spiro atoms. The first kappa shape index (κ1) is 81.9. The normalized spacial score (nSPS) is 11.5. The van der Waals surface area contributed by atoms with Crippen molar-refractivity contribution >= 4 is 179 Å². The molecule has 0 radical (unpaired) electrons. The first-order valence-corrected chi connectivity index (χ1v) is 47.0. The number of rotatable bonds is 11. The Hall–Kier alpha value is -16.1. The van der Waals surface area contributed by atoms with E-state index in [0.717, 1.165) is 0 Å². The standard InChI is InChI=1S/C42H29NSSi.C42H27N.C40H26.3CH4/c1-3-16-31(17-4-1)45(32-18-5-2-6-19-32,41-28-14-24-37-36-23-9-12-27-40(36)44-42(37)41)33-20-13-15-30(29-33)43-38-25-10-7-21-34(38)35-22-8-11-26-39(35)43;1-2-14-35-33(12-1)34-13-3-4-15-36(34)40-27-31(22-25-37(35)40)30-11-9-10-29(26-30)28-20-23-32(24-21-28)43-41-18-7-5-16-38(41)39-17-6-8-19-42(39)43;1-2-9-28-22-31(17-16-27(28)8-1)33-21-20-32-23-30(18-19-34(32)24-33)29-11-7-12-35(25-29)40-26-36-10-3-4-13-37(36)38-14-5-6-15-39(38)40;;;/h1-29H;1-27H;1-26H;3*1H4. The van der Waals surface area contributed by atoms with Crippen LogP contribution in [0, 0.1) is 0 Å². The van der Waals surface area contributed by atoms with E-state index in [1.807, 2.05) is 11.3 Å². The number of benzene rings is 23. The van der Waals surface area contributed by atoms with Crippen LogP contribution in [0.5, 0.6) is 0 Å². The second-order valence-electron chi connectivity index (χ2n) is 33.6. The highest BCUT2D eigenvalue weighted by atomic mass is 32.1. The summed E-state index contributed by atoms with van der Waals surface area (Å²) in [4.78, 5) is 0. The van der Waals surface area contributed by atoms with Crippen molar-refractivity contribution in [2.45, 2.75) is 22.3 Å². The molecule has 0 atom stereocenters. The molecule has 0 bridgehead atoms. The molecule has 26 aromatic rings. The Bertz CT molecular complexity index is 8660. The lowest BCUT2D eigenvalue weighted by Crippen LogP contribution is -2.74. The number of hydrogen-bond acceptors (Lipinski definition) is 1. The topological polar surface area (TPSA) is 9.86 Å². The summed E-state index contributed by atoms with van der Waals surface area (Å²) in [5.41, 5.74) is 19.7. The number of hydrogen-bond donors (Lipinski definition) is 0. The van der Waals surface area contributed by atoms with Gasteiger partial charge in [-0.1, -0.05) is 423 Å². The van der Waals surface area contributed by atoms with Crippen LogP contribution in [0.3, 0.4) is 0 Å². The Morgan fingerprint density at radius 1 is 0.168 bits per heavy atom. The van der Waals surface area contributed by atoms with Gasteiger partial charge < -0.3 is 9.13 Å². The number of nitrogens with zero attached hydrogens (tertiary/aromatic N) is 2. The molecule has 0 aliphatic rings. The molecule has 23 aromatic carbocycles. The van der Waals surface area contributed by atoms with Gasteiger partial charge in [0.05, 0.1) is 22.1 Å². The summed E-state index contributed by atoms with van der Waals surface area (Å²) in [6.07, 6.45) is 0. The van der Waals surface area contributed by atoms with Crippen molar-refractivity contribution in [2.24, 2.45) is 0 Å². The molecule has 0 amide bonds. The maximum absolute atomic E-state index is 2.81. The maximum atomic E-state index is 2.48. The van der Waals surface area contributed by atoms with Crippen LogP contribution >= 0.6 is 11.3 Å². The highest BCUT2D eigenvalue weighted by molar-refractivity contribution is 7.30. The summed E-state index contributed by atoms with van der Waals surface area (Å²) in [6, 6.07) is 183. The number of thiophene rings is 1. The number of para-hydroxylation sites is 4. The molecule has 622 valence electrons. The van der Waals surface area contributed by atoms with Gasteiger partial charge in [0.25, 0.3) is 0 Å². The van der Waals surface area contributed by atoms with Crippen molar-refractivity contribution < 1.29 is 0 Å². The van der Waals surface area contributed by atoms with Gasteiger partial charge in [0, 0.05) is 53.1 Å². The van der Waals surface area contributed by atoms with Gasteiger partial charge in [-0.2, -0.15) is 0 Å². The van der Waals surface area contributed by atoms with Crippen LogP contribution in [-0.4, -0.2) is 17.2 Å². The minimum absolute atomic E-state index is 0. The second-order valence-corrected chi connectivity index (χ2v) is 38.5. The first-order chi connectivity index (χ1) is 63.5. The van der Waals surface area contributed by atoms with Crippen molar-refractivity contribution in [1.29, 1.82) is 0 Å². The molecule has 0 aliphatic heterocycles. The molecule has 26 rings (SSSR count). The molecule has 0 fully saturated rings. The maximum Gasteiger partial charge on any atom is 0.181 e. The fraction of sp³-hybridized carbons (Fsp3) is 0.0236. The fourth-order valence-corrected chi connectivity index (χ4v) is 27.1. The first-order valence-electron chi connectivity index (χ1n) is 44.2. The third-order valence-electron chi connectivity index (χ3n) is 26.5. The molecule has 0 aliphatic carbocycles. The van der Waals surface area contributed by atoms with Crippen LogP contribution in [0.2, 0.25) is 0 Å². The lowest BCUT2D eigenvalue weighted by molar-refractivity contribution is 1.18. The molecule has 0 N–H and O–H groups in total. The van der Waals surface area contributed by atoms with Gasteiger partial charge in [0.2, 0.25) is 0 Å². The molecule has 3 aromatic heterocycles. The summed E-state index contributed by atoms with van der Waals surface area (Å²) in [5.74, 6) is 0. The zero-order chi connectivity index (χ0) is 84.6. The Morgan fingerprint density at radius 3 is 1.06 bits per heavy atom. The van der Waals surface area contributed by atoms with E-state index in [1.54, 1.807) is 0 Å². The summed E-state index contributed by atoms with van der Waals surface area (Å²) in [6.45, 7) is 0. The smallest absolute Gasteiger partial charge is 0.181 e. The van der Waals surface area contributed by atoms with Gasteiger partial charge in [-0.05, 0) is 249 Å². The molecule has 2 nitrogen and oxygen atoms in total. The van der Waals surface area contributed by atoms with E-state index in [1.165, 1.54) is 227 Å². The summed E-state index contributed by atoms with van der Waals surface area (Å²) < 4.78 is 7.54. The second kappa shape index (κ2) is 34.6. The van der Waals surface area contributed by atoms with E-state index in [2.05, 4.69) is 507 Å². The highest BCUT2D eigenvalue weighted by Crippen LogP contribution is 2.43. The highest BCUT2D eigenvalue weighted by Gasteiger charge is 2.43. The summed E-state index contributed by atoms with van der Waals surface area (Å²) in [5, 5.41) is 31.4. The molecule has 4 heteroatoms. The Labute approximate surface area is 769 Å². The van der Waals surface area contributed by atoms with Gasteiger partial charge in [-0.25, -0.2) is 0 Å². The largest absolute Gasteiger partial charge is 0.309 e. The third kappa shape index (κ3) is 14.3. The van der Waals surface area contributed by atoms with Crippen molar-refractivity contribution in [3.05, 3.63) is 497 Å². The van der Waals surface area contributed by atoms with Crippen LogP contribution in [-0.2, 0) is 0 Å². The molecule has 131 heavy (non-hydrogen) atoms. The lowest BCUT2D eigenvalue weighted by Gasteiger charge is -2.35. The zero-order valence-corrected chi connectivity index (χ0v) is 72.0. The van der Waals surface area contributed by atoms with Crippen LogP contribution in [0.25, 0.3) is 206 Å². The molecule has 0 unspecified atom stereocenters. The zero-order valence-electron chi connectivity index (χ0n) is 70.1. The van der Waals surface area contributed by atoms with Crippen LogP contribution < -0.4 is 20.7 Å². The van der Waals surface area contributed by atoms with Gasteiger partial charge >= 0.3 is 0 Å². The number of aromatic nitrogens is 2. The van der Waals surface area contributed by atoms with E-state index in [-0.39, 0.29) is 22.3 Å². The molecular weight excluding hydrogens is 1610 g/mol. The average molecular weight is 1710 g/mol. The molecule has 0 saturated heterocycles. The fourth-order valence-electron chi connectivity index (χ4n) is 20.6. The van der Waals surface area contributed by atoms with Crippen LogP contribution in [0.1, 0.15) is 22.3 Å². The van der Waals surface area contributed by atoms with Crippen molar-refractivity contribution in [3.63, 3.8) is 0 Å². The van der Waals surface area contributed by atoms with E-state index in [4.69, 9.17) is 0 Å². The monoisotopic (exact) mass is 1710 g/mol. The van der Waals surface area contributed by atoms with E-state index < -0.39 is 8.07 Å². The lowest BCUT2D eigenvalue weighted by atomic mass is 9.91. The Morgan fingerprint density at radius 2 is 0.511 bits per heavy atom. The summed E-state index contributed by atoms with van der Waals surface area (Å²) >= 11 is 1.93. The van der Waals surface area contributed by atoms with Gasteiger partial charge in [-0.15, -0.1) is 11.3 Å². The van der Waals surface area contributed by atoms with Crippen molar-refractivity contribution in [1.82, 2.24) is 9.13 Å². The average Bonchev–Trinajstić information content (AvgIpc) is 1.64. The predicted molar refractivity (Wildman–Crippen MR) is 574 cm³/mol. The van der Waals surface area contributed by atoms with Gasteiger partial charge in [-0.3, -0.25) is 0 Å². The quantitative estimate of drug-likeness (QED) is 0.0694. The van der Waals surface area contributed by atoms with Gasteiger partial charge in [0.15, 0.2) is 8.07 Å². The molecular formula is C127H94N2SSi. The predicted octanol–water partition coefficient (Wildman–Crippen LogP) is 33.3. The Kier molecular flexibility index (Phi) is 21.6. The minimum atomic E-state index is -2.81. The van der Waals surface area contributed by atoms with Gasteiger partial charge in [0.1, 0.15) is 0 Å². The SMILES string of the molecule is C.C.C.c1cc(-c2ccc(-n3c4ccccc4c4ccccc43)cc2)cc(-c2ccc3c4ccccc4c4ccccc4c3c2)c1.c1cc(-c2ccc3cc(-c4ccc5ccccc5c4)ccc3c2)cc(-c2cc3ccccc3c3ccccc23)c1.c1ccc([Si](c2ccccc2)(c2cccc(-n3c4ccccc4c4ccccc43)c2)c2cccc3c2sc2ccccc23)cc1. The van der Waals surface area contributed by atoms with Crippen molar-refractivity contribution in [2.75, 3.05) is 0 Å². The molecule has 3 heterocycles. The third-order valence-corrected chi connectivity index (χ3v) is 32.7. The summed E-state index contributed by atoms with van der Waals surface area (Å²) in [7, 11) is -2.81. The van der Waals surface area contributed by atoms with Crippen LogP contribution in [0.15, 0.2) is 497 Å². The van der Waals surface area contributed by atoms with E-state index in [9.17, 15) is 0 Å².